The Labute approximate surface area is 122 Å². The Morgan fingerprint density at radius 2 is 2.24 bits per heavy atom. The van der Waals surface area contributed by atoms with Crippen LogP contribution in [-0.4, -0.2) is 18.4 Å². The molecule has 1 N–H and O–H groups in total. The van der Waals surface area contributed by atoms with Crippen molar-refractivity contribution in [3.8, 4) is 5.75 Å². The standard InChI is InChI=1S/C11H8INO2S2/c1-6-4-7(2-3-8(6)14)5-9-10(15)13(12)11(16)17-9/h2-5,14H,1H3/b9-5-. The van der Waals surface area contributed by atoms with Crippen LogP contribution >= 0.6 is 46.8 Å². The number of phenols is 1. The molecule has 1 fully saturated rings. The van der Waals surface area contributed by atoms with Gasteiger partial charge in [0.2, 0.25) is 0 Å². The van der Waals surface area contributed by atoms with Crippen molar-refractivity contribution in [2.45, 2.75) is 6.92 Å². The average Bonchev–Trinajstić information content (AvgIpc) is 2.52. The minimum Gasteiger partial charge on any atom is -0.508 e. The highest BCUT2D eigenvalue weighted by Gasteiger charge is 2.30. The maximum atomic E-state index is 11.8. The number of halogens is 1. The number of aromatic hydroxyl groups is 1. The van der Waals surface area contributed by atoms with Crippen molar-refractivity contribution in [2.75, 3.05) is 0 Å². The smallest absolute Gasteiger partial charge is 0.275 e. The lowest BCUT2D eigenvalue weighted by Gasteiger charge is -2.01. The minimum atomic E-state index is -0.0914. The molecule has 0 unspecified atom stereocenters. The second-order valence-corrected chi connectivity index (χ2v) is 6.15. The topological polar surface area (TPSA) is 40.5 Å². The van der Waals surface area contributed by atoms with Gasteiger partial charge in [-0.15, -0.1) is 0 Å². The van der Waals surface area contributed by atoms with E-state index in [9.17, 15) is 9.90 Å². The molecule has 0 radical (unpaired) electrons. The summed E-state index contributed by atoms with van der Waals surface area (Å²) in [5, 5.41) is 9.42. The summed E-state index contributed by atoms with van der Waals surface area (Å²) in [7, 11) is 0. The summed E-state index contributed by atoms with van der Waals surface area (Å²) in [5.74, 6) is 0.162. The van der Waals surface area contributed by atoms with Crippen molar-refractivity contribution < 1.29 is 9.90 Å². The van der Waals surface area contributed by atoms with Gasteiger partial charge in [-0.25, -0.2) is 3.11 Å². The first-order valence-electron chi connectivity index (χ1n) is 4.72. The van der Waals surface area contributed by atoms with Crippen molar-refractivity contribution in [1.82, 2.24) is 3.11 Å². The Morgan fingerprint density at radius 1 is 1.53 bits per heavy atom. The van der Waals surface area contributed by atoms with Crippen LogP contribution in [0.3, 0.4) is 0 Å². The van der Waals surface area contributed by atoms with Gasteiger partial charge in [0.1, 0.15) is 5.75 Å². The summed E-state index contributed by atoms with van der Waals surface area (Å²) in [6.07, 6.45) is 1.78. The van der Waals surface area contributed by atoms with Gasteiger partial charge in [-0.05, 0) is 36.3 Å². The molecule has 1 aliphatic rings. The number of carbonyl (C=O) groups is 1. The number of thiocarbonyl (C=S) groups is 1. The Kier molecular flexibility index (Phi) is 3.74. The predicted octanol–water partition coefficient (Wildman–Crippen LogP) is 3.25. The van der Waals surface area contributed by atoms with Gasteiger partial charge in [0.25, 0.3) is 5.91 Å². The van der Waals surface area contributed by atoms with Crippen LogP contribution in [0.25, 0.3) is 6.08 Å². The highest BCUT2D eigenvalue weighted by molar-refractivity contribution is 14.1. The number of nitrogens with zero attached hydrogens (tertiary/aromatic N) is 1. The molecule has 88 valence electrons. The van der Waals surface area contributed by atoms with E-state index in [0.717, 1.165) is 11.1 Å². The molecule has 1 amide bonds. The van der Waals surface area contributed by atoms with Crippen molar-refractivity contribution in [2.24, 2.45) is 0 Å². The lowest BCUT2D eigenvalue weighted by atomic mass is 10.1. The van der Waals surface area contributed by atoms with Gasteiger partial charge in [0, 0.05) is 0 Å². The van der Waals surface area contributed by atoms with Crippen LogP contribution in [0.2, 0.25) is 0 Å². The minimum absolute atomic E-state index is 0.0914. The SMILES string of the molecule is Cc1cc(/C=C2\SC(=S)N(I)C2=O)ccc1O. The summed E-state index contributed by atoms with van der Waals surface area (Å²) >= 11 is 8.22. The summed E-state index contributed by atoms with van der Waals surface area (Å²) < 4.78 is 1.98. The molecule has 17 heavy (non-hydrogen) atoms. The predicted molar refractivity (Wildman–Crippen MR) is 81.9 cm³/mol. The first-order valence-corrected chi connectivity index (χ1v) is 6.91. The van der Waals surface area contributed by atoms with Crippen LogP contribution in [0.5, 0.6) is 5.75 Å². The zero-order chi connectivity index (χ0) is 12.6. The second kappa shape index (κ2) is 4.95. The highest BCUT2D eigenvalue weighted by atomic mass is 127. The number of amides is 1. The monoisotopic (exact) mass is 377 g/mol. The van der Waals surface area contributed by atoms with Gasteiger partial charge in [-0.3, -0.25) is 4.79 Å². The van der Waals surface area contributed by atoms with Crippen LogP contribution in [0.15, 0.2) is 23.1 Å². The first kappa shape index (κ1) is 12.8. The van der Waals surface area contributed by atoms with E-state index in [4.69, 9.17) is 12.2 Å². The van der Waals surface area contributed by atoms with E-state index in [1.54, 1.807) is 18.2 Å². The van der Waals surface area contributed by atoms with Gasteiger partial charge in [0.05, 0.1) is 27.8 Å². The number of rotatable bonds is 1. The van der Waals surface area contributed by atoms with E-state index in [2.05, 4.69) is 0 Å². The van der Waals surface area contributed by atoms with Crippen molar-refractivity contribution >= 4 is 63.1 Å². The molecule has 0 atom stereocenters. The fourth-order valence-corrected chi connectivity index (χ4v) is 3.16. The van der Waals surface area contributed by atoms with E-state index >= 15 is 0 Å². The summed E-state index contributed by atoms with van der Waals surface area (Å²) in [4.78, 5) is 12.4. The molecule has 1 aromatic carbocycles. The molecule has 3 nitrogen and oxygen atoms in total. The number of hydrogen-bond acceptors (Lipinski definition) is 4. The Hall–Kier alpha value is -0.600. The fourth-order valence-electron chi connectivity index (χ4n) is 1.37. The van der Waals surface area contributed by atoms with Crippen LogP contribution in [-0.2, 0) is 4.79 Å². The van der Waals surface area contributed by atoms with Gasteiger partial charge in [-0.1, -0.05) is 30.0 Å². The van der Waals surface area contributed by atoms with Crippen molar-refractivity contribution in [1.29, 1.82) is 0 Å². The Bertz CT molecular complexity index is 542. The van der Waals surface area contributed by atoms with Crippen LogP contribution in [0, 0.1) is 6.92 Å². The molecular weight excluding hydrogens is 369 g/mol. The molecule has 0 bridgehead atoms. The number of thioether (sulfide) groups is 1. The molecule has 1 aliphatic heterocycles. The van der Waals surface area contributed by atoms with E-state index in [1.165, 1.54) is 14.9 Å². The molecule has 6 heteroatoms. The van der Waals surface area contributed by atoms with Crippen LogP contribution in [0.1, 0.15) is 11.1 Å². The maximum Gasteiger partial charge on any atom is 0.275 e. The number of phenolic OH excluding ortho intramolecular Hbond substituents is 1. The quantitative estimate of drug-likeness (QED) is 0.353. The maximum absolute atomic E-state index is 11.8. The van der Waals surface area contributed by atoms with Crippen molar-refractivity contribution in [3.05, 3.63) is 34.2 Å². The molecular formula is C11H8INO2S2. The van der Waals surface area contributed by atoms with Crippen LogP contribution in [0.4, 0.5) is 0 Å². The Balaban J connectivity index is 2.34. The normalized spacial score (nSPS) is 18.2. The van der Waals surface area contributed by atoms with Gasteiger partial charge in [0.15, 0.2) is 4.32 Å². The second-order valence-electron chi connectivity index (χ2n) is 3.51. The lowest BCUT2D eigenvalue weighted by Crippen LogP contribution is -2.15. The summed E-state index contributed by atoms with van der Waals surface area (Å²) in [5.41, 5.74) is 1.66. The Morgan fingerprint density at radius 3 is 2.76 bits per heavy atom. The molecule has 2 rings (SSSR count). The average molecular weight is 377 g/mol. The number of aryl methyl sites for hydroxylation is 1. The van der Waals surface area contributed by atoms with E-state index in [1.807, 2.05) is 35.9 Å². The van der Waals surface area contributed by atoms with E-state index in [-0.39, 0.29) is 11.7 Å². The number of hydrogen-bond donors (Lipinski definition) is 1. The molecule has 1 saturated heterocycles. The van der Waals surface area contributed by atoms with Crippen LogP contribution < -0.4 is 0 Å². The van der Waals surface area contributed by atoms with E-state index in [0.29, 0.717) is 9.23 Å². The third-order valence-corrected chi connectivity index (χ3v) is 5.14. The van der Waals surface area contributed by atoms with E-state index < -0.39 is 0 Å². The first-order chi connectivity index (χ1) is 7.99. The van der Waals surface area contributed by atoms with Gasteiger partial charge in [-0.2, -0.15) is 0 Å². The summed E-state index contributed by atoms with van der Waals surface area (Å²) in [6, 6.07) is 5.21. The molecule has 0 spiro atoms. The fraction of sp³-hybridized carbons (Fsp3) is 0.0909. The molecule has 1 heterocycles. The summed E-state index contributed by atoms with van der Waals surface area (Å²) in [6.45, 7) is 1.82. The van der Waals surface area contributed by atoms with Gasteiger partial charge < -0.3 is 5.11 Å². The van der Waals surface area contributed by atoms with Gasteiger partial charge >= 0.3 is 0 Å². The zero-order valence-electron chi connectivity index (χ0n) is 8.81. The molecule has 1 aromatic rings. The number of benzene rings is 1. The third-order valence-electron chi connectivity index (χ3n) is 2.27. The highest BCUT2D eigenvalue weighted by Crippen LogP contribution is 2.34. The largest absolute Gasteiger partial charge is 0.508 e. The zero-order valence-corrected chi connectivity index (χ0v) is 12.6. The molecule has 0 aliphatic carbocycles. The van der Waals surface area contributed by atoms with Crippen molar-refractivity contribution in [3.63, 3.8) is 0 Å². The molecule has 0 saturated carbocycles. The third kappa shape index (κ3) is 2.63. The number of carbonyl (C=O) groups excluding carboxylic acids is 1. The lowest BCUT2D eigenvalue weighted by molar-refractivity contribution is -0.118. The molecule has 0 aromatic heterocycles.